The molecule has 1 aromatic rings. The molecule has 0 N–H and O–H groups in total. The van der Waals surface area contributed by atoms with Crippen molar-refractivity contribution in [3.8, 4) is 5.75 Å². The van der Waals surface area contributed by atoms with Gasteiger partial charge in [0.25, 0.3) is 0 Å². The van der Waals surface area contributed by atoms with Crippen molar-refractivity contribution < 1.29 is 19.1 Å². The van der Waals surface area contributed by atoms with E-state index in [1.807, 2.05) is 0 Å². The minimum atomic E-state index is -0.291. The number of rotatable bonds is 8. The molecule has 0 aliphatic rings. The van der Waals surface area contributed by atoms with Crippen LogP contribution in [0.15, 0.2) is 24.3 Å². The first-order valence-corrected chi connectivity index (χ1v) is 6.19. The van der Waals surface area contributed by atoms with Crippen molar-refractivity contribution in [3.05, 3.63) is 29.8 Å². The van der Waals surface area contributed by atoms with Gasteiger partial charge in [-0.25, -0.2) is 0 Å². The lowest BCUT2D eigenvalue weighted by atomic mass is 10.2. The average molecular weight is 271 g/mol. The molecule has 0 bridgehead atoms. The predicted octanol–water partition coefficient (Wildman–Crippen LogP) is 2.44. The van der Waals surface area contributed by atoms with E-state index in [0.717, 1.165) is 6.29 Å². The fourth-order valence-electron chi connectivity index (χ4n) is 1.23. The van der Waals surface area contributed by atoms with E-state index in [4.69, 9.17) is 21.1 Å². The van der Waals surface area contributed by atoms with Crippen LogP contribution in [0.5, 0.6) is 5.75 Å². The Morgan fingerprint density at radius 3 is 2.56 bits per heavy atom. The highest BCUT2D eigenvalue weighted by Gasteiger charge is 2.01. The van der Waals surface area contributed by atoms with E-state index in [9.17, 15) is 9.59 Å². The van der Waals surface area contributed by atoms with E-state index in [2.05, 4.69) is 0 Å². The Labute approximate surface area is 111 Å². The van der Waals surface area contributed by atoms with Gasteiger partial charge in [0.1, 0.15) is 12.0 Å². The zero-order valence-electron chi connectivity index (χ0n) is 9.93. The molecule has 0 aliphatic carbocycles. The SMILES string of the molecule is O=Cc1ccc(OCCCOC(=O)CCCl)cc1. The maximum Gasteiger partial charge on any atom is 0.306 e. The molecular weight excluding hydrogens is 256 g/mol. The molecule has 5 heteroatoms. The first kappa shape index (κ1) is 14.5. The molecule has 0 spiro atoms. The molecule has 0 fully saturated rings. The second-order valence-corrected chi connectivity index (χ2v) is 3.93. The molecule has 0 unspecified atom stereocenters. The lowest BCUT2D eigenvalue weighted by Gasteiger charge is -2.06. The maximum atomic E-state index is 11.0. The van der Waals surface area contributed by atoms with Crippen LogP contribution >= 0.6 is 11.6 Å². The lowest BCUT2D eigenvalue weighted by Crippen LogP contribution is -2.09. The number of alkyl halides is 1. The van der Waals surface area contributed by atoms with Crippen molar-refractivity contribution in [1.29, 1.82) is 0 Å². The van der Waals surface area contributed by atoms with E-state index in [1.54, 1.807) is 24.3 Å². The highest BCUT2D eigenvalue weighted by molar-refractivity contribution is 6.18. The number of benzene rings is 1. The summed E-state index contributed by atoms with van der Waals surface area (Å²) in [6, 6.07) is 6.82. The topological polar surface area (TPSA) is 52.6 Å². The fraction of sp³-hybridized carbons (Fsp3) is 0.385. The minimum absolute atomic E-state index is 0.232. The van der Waals surface area contributed by atoms with Crippen LogP contribution in [0.4, 0.5) is 0 Å². The first-order chi connectivity index (χ1) is 8.76. The molecule has 1 aromatic carbocycles. The molecule has 0 radical (unpaired) electrons. The highest BCUT2D eigenvalue weighted by atomic mass is 35.5. The van der Waals surface area contributed by atoms with Crippen molar-refractivity contribution in [1.82, 2.24) is 0 Å². The van der Waals surface area contributed by atoms with Crippen molar-refractivity contribution in [2.75, 3.05) is 19.1 Å². The van der Waals surface area contributed by atoms with Gasteiger partial charge in [-0.1, -0.05) is 0 Å². The molecular formula is C13H15ClO4. The summed E-state index contributed by atoms with van der Waals surface area (Å²) in [4.78, 5) is 21.4. The molecule has 0 heterocycles. The van der Waals surface area contributed by atoms with Crippen LogP contribution in [0.2, 0.25) is 0 Å². The zero-order chi connectivity index (χ0) is 13.2. The van der Waals surface area contributed by atoms with Crippen molar-refractivity contribution in [2.24, 2.45) is 0 Å². The quantitative estimate of drug-likeness (QED) is 0.315. The van der Waals surface area contributed by atoms with E-state index < -0.39 is 0 Å². The van der Waals surface area contributed by atoms with Crippen molar-refractivity contribution in [3.63, 3.8) is 0 Å². The summed E-state index contributed by atoms with van der Waals surface area (Å²) in [5.41, 5.74) is 0.609. The smallest absolute Gasteiger partial charge is 0.306 e. The second-order valence-electron chi connectivity index (χ2n) is 3.55. The van der Waals surface area contributed by atoms with Crippen molar-refractivity contribution >= 4 is 23.9 Å². The van der Waals surface area contributed by atoms with Crippen LogP contribution < -0.4 is 4.74 Å². The summed E-state index contributed by atoms with van der Waals surface area (Å²) in [6.45, 7) is 0.775. The third-order valence-electron chi connectivity index (χ3n) is 2.14. The van der Waals surface area contributed by atoms with Crippen LogP contribution in [-0.2, 0) is 9.53 Å². The Morgan fingerprint density at radius 2 is 1.94 bits per heavy atom. The molecule has 0 amide bonds. The molecule has 0 aromatic heterocycles. The van der Waals surface area contributed by atoms with E-state index in [1.165, 1.54) is 0 Å². The van der Waals surface area contributed by atoms with Gasteiger partial charge in [0, 0.05) is 17.9 Å². The number of halogens is 1. The largest absolute Gasteiger partial charge is 0.493 e. The van der Waals surface area contributed by atoms with Crippen molar-refractivity contribution in [2.45, 2.75) is 12.8 Å². The Hall–Kier alpha value is -1.55. The monoisotopic (exact) mass is 270 g/mol. The van der Waals surface area contributed by atoms with Gasteiger partial charge in [-0.3, -0.25) is 9.59 Å². The van der Waals surface area contributed by atoms with Gasteiger partial charge in [-0.05, 0) is 24.3 Å². The molecule has 0 saturated heterocycles. The van der Waals surface area contributed by atoms with Gasteiger partial charge in [0.05, 0.1) is 19.6 Å². The number of aldehydes is 1. The summed E-state index contributed by atoms with van der Waals surface area (Å²) in [7, 11) is 0. The Morgan fingerprint density at radius 1 is 1.22 bits per heavy atom. The lowest BCUT2D eigenvalue weighted by molar-refractivity contribution is -0.143. The van der Waals surface area contributed by atoms with Crippen LogP contribution in [0.3, 0.4) is 0 Å². The number of ether oxygens (including phenoxy) is 2. The number of hydrogen-bond acceptors (Lipinski definition) is 4. The molecule has 0 saturated carbocycles. The third kappa shape index (κ3) is 5.68. The molecule has 98 valence electrons. The summed E-state index contributed by atoms with van der Waals surface area (Å²) >= 11 is 5.39. The Bertz CT molecular complexity index is 375. The normalized spacial score (nSPS) is 9.83. The molecule has 1 rings (SSSR count). The number of carbonyl (C=O) groups is 2. The zero-order valence-corrected chi connectivity index (χ0v) is 10.7. The number of carbonyl (C=O) groups excluding carboxylic acids is 2. The van der Waals surface area contributed by atoms with Gasteiger partial charge < -0.3 is 9.47 Å². The highest BCUT2D eigenvalue weighted by Crippen LogP contribution is 2.11. The summed E-state index contributed by atoms with van der Waals surface area (Å²) < 4.78 is 10.3. The van der Waals surface area contributed by atoms with Crippen LogP contribution in [0, 0.1) is 0 Å². The molecule has 18 heavy (non-hydrogen) atoms. The van der Waals surface area contributed by atoms with Gasteiger partial charge >= 0.3 is 5.97 Å². The van der Waals surface area contributed by atoms with E-state index in [0.29, 0.717) is 30.9 Å². The predicted molar refractivity (Wildman–Crippen MR) is 68.2 cm³/mol. The molecule has 4 nitrogen and oxygen atoms in total. The molecule has 0 aliphatic heterocycles. The van der Waals surface area contributed by atoms with Gasteiger partial charge in [-0.2, -0.15) is 0 Å². The van der Waals surface area contributed by atoms with Crippen LogP contribution in [0.1, 0.15) is 23.2 Å². The Kier molecular flexibility index (Phi) is 6.87. The Balaban J connectivity index is 2.13. The minimum Gasteiger partial charge on any atom is -0.493 e. The van der Waals surface area contributed by atoms with Crippen LogP contribution in [-0.4, -0.2) is 31.3 Å². The average Bonchev–Trinajstić information content (AvgIpc) is 2.39. The van der Waals surface area contributed by atoms with E-state index >= 15 is 0 Å². The first-order valence-electron chi connectivity index (χ1n) is 5.66. The molecule has 0 atom stereocenters. The second kappa shape index (κ2) is 8.53. The van der Waals surface area contributed by atoms with E-state index in [-0.39, 0.29) is 18.3 Å². The number of esters is 1. The fourth-order valence-corrected chi connectivity index (χ4v) is 1.38. The van der Waals surface area contributed by atoms with Gasteiger partial charge in [0.15, 0.2) is 0 Å². The third-order valence-corrected chi connectivity index (χ3v) is 2.32. The van der Waals surface area contributed by atoms with Crippen LogP contribution in [0.25, 0.3) is 0 Å². The van der Waals surface area contributed by atoms with Gasteiger partial charge in [0.2, 0.25) is 0 Å². The van der Waals surface area contributed by atoms with Gasteiger partial charge in [-0.15, -0.1) is 11.6 Å². The standard InChI is InChI=1S/C13H15ClO4/c14-7-6-13(16)18-9-1-8-17-12-4-2-11(10-15)3-5-12/h2-5,10H,1,6-9H2. The summed E-state index contributed by atoms with van der Waals surface area (Å²) in [6.07, 6.45) is 1.62. The maximum absolute atomic E-state index is 11.0. The summed E-state index contributed by atoms with van der Waals surface area (Å²) in [5.74, 6) is 0.673. The summed E-state index contributed by atoms with van der Waals surface area (Å²) in [5, 5.41) is 0. The number of hydrogen-bond donors (Lipinski definition) is 0.